The van der Waals surface area contributed by atoms with Crippen molar-refractivity contribution < 1.29 is 0 Å². The average molecular weight is 234 g/mol. The van der Waals surface area contributed by atoms with Crippen molar-refractivity contribution >= 4 is 16.5 Å². The summed E-state index contributed by atoms with van der Waals surface area (Å²) in [6, 6.07) is 0.664. The number of nitrogens with zero attached hydrogens (tertiary/aromatic N) is 3. The Morgan fingerprint density at radius 3 is 3.12 bits per heavy atom. The first-order chi connectivity index (χ1) is 7.85. The van der Waals surface area contributed by atoms with Crippen molar-refractivity contribution in [2.45, 2.75) is 32.4 Å². The second-order valence-electron chi connectivity index (χ2n) is 4.04. The molecule has 1 aliphatic rings. The number of rotatable bonds is 4. The standard InChI is InChI=1S/C11H14N4S/c1-2-15-6-8(5-12-15)10-7-16-11(14-10)13-9-3-4-9/h5-7,9H,2-4H2,1H3,(H,13,14). The van der Waals surface area contributed by atoms with Crippen molar-refractivity contribution in [2.24, 2.45) is 0 Å². The summed E-state index contributed by atoms with van der Waals surface area (Å²) in [5.41, 5.74) is 2.12. The van der Waals surface area contributed by atoms with Crippen molar-refractivity contribution in [3.8, 4) is 11.3 Å². The average Bonchev–Trinajstić information content (AvgIpc) is 2.83. The maximum Gasteiger partial charge on any atom is 0.183 e. The summed E-state index contributed by atoms with van der Waals surface area (Å²) in [5, 5.41) is 10.8. The zero-order chi connectivity index (χ0) is 11.0. The van der Waals surface area contributed by atoms with Crippen LogP contribution in [-0.4, -0.2) is 20.8 Å². The molecule has 5 heteroatoms. The van der Waals surface area contributed by atoms with Gasteiger partial charge in [0.1, 0.15) is 0 Å². The predicted molar refractivity (Wildman–Crippen MR) is 65.7 cm³/mol. The van der Waals surface area contributed by atoms with Gasteiger partial charge in [-0.05, 0) is 19.8 Å². The molecule has 0 saturated heterocycles. The van der Waals surface area contributed by atoms with Crippen LogP contribution in [0, 0.1) is 0 Å². The molecule has 2 aromatic heterocycles. The summed E-state index contributed by atoms with van der Waals surface area (Å²) in [7, 11) is 0. The molecule has 2 aromatic rings. The van der Waals surface area contributed by atoms with E-state index in [1.54, 1.807) is 11.3 Å². The lowest BCUT2D eigenvalue weighted by molar-refractivity contribution is 0.660. The highest BCUT2D eigenvalue weighted by Gasteiger charge is 2.22. The van der Waals surface area contributed by atoms with E-state index < -0.39 is 0 Å². The highest BCUT2D eigenvalue weighted by molar-refractivity contribution is 7.14. The number of hydrogen-bond donors (Lipinski definition) is 1. The van der Waals surface area contributed by atoms with Crippen LogP contribution in [0.3, 0.4) is 0 Å². The van der Waals surface area contributed by atoms with E-state index in [-0.39, 0.29) is 0 Å². The fourth-order valence-electron chi connectivity index (χ4n) is 1.54. The largest absolute Gasteiger partial charge is 0.359 e. The summed E-state index contributed by atoms with van der Waals surface area (Å²) >= 11 is 1.67. The Morgan fingerprint density at radius 2 is 2.44 bits per heavy atom. The van der Waals surface area contributed by atoms with Crippen LogP contribution in [0.25, 0.3) is 11.3 Å². The summed E-state index contributed by atoms with van der Waals surface area (Å²) in [6.07, 6.45) is 6.47. The molecule has 0 bridgehead atoms. The van der Waals surface area contributed by atoms with E-state index in [2.05, 4.69) is 27.7 Å². The lowest BCUT2D eigenvalue weighted by atomic mass is 10.3. The van der Waals surface area contributed by atoms with Gasteiger partial charge in [0.25, 0.3) is 0 Å². The van der Waals surface area contributed by atoms with Gasteiger partial charge in [0.05, 0.1) is 11.9 Å². The zero-order valence-corrected chi connectivity index (χ0v) is 10.00. The van der Waals surface area contributed by atoms with E-state index in [1.807, 2.05) is 17.1 Å². The Morgan fingerprint density at radius 1 is 1.56 bits per heavy atom. The van der Waals surface area contributed by atoms with Gasteiger partial charge in [-0.3, -0.25) is 4.68 Å². The van der Waals surface area contributed by atoms with E-state index in [1.165, 1.54) is 12.8 Å². The Hall–Kier alpha value is -1.36. The van der Waals surface area contributed by atoms with Crippen LogP contribution in [0.4, 0.5) is 5.13 Å². The zero-order valence-electron chi connectivity index (χ0n) is 9.18. The number of thiazole rings is 1. The van der Waals surface area contributed by atoms with Crippen molar-refractivity contribution in [1.29, 1.82) is 0 Å². The van der Waals surface area contributed by atoms with Crippen molar-refractivity contribution in [1.82, 2.24) is 14.8 Å². The van der Waals surface area contributed by atoms with Crippen LogP contribution in [0.15, 0.2) is 17.8 Å². The Kier molecular flexibility index (Phi) is 2.40. The minimum atomic E-state index is 0.664. The van der Waals surface area contributed by atoms with Gasteiger partial charge >= 0.3 is 0 Å². The first kappa shape index (κ1) is 9.84. The minimum absolute atomic E-state index is 0.664. The van der Waals surface area contributed by atoms with Gasteiger partial charge in [-0.25, -0.2) is 4.98 Å². The molecule has 0 atom stereocenters. The molecule has 0 aromatic carbocycles. The van der Waals surface area contributed by atoms with Crippen LogP contribution in [0.1, 0.15) is 19.8 Å². The normalized spacial score (nSPS) is 15.3. The number of nitrogens with one attached hydrogen (secondary N) is 1. The summed E-state index contributed by atoms with van der Waals surface area (Å²) in [5.74, 6) is 0. The molecule has 0 aliphatic heterocycles. The smallest absolute Gasteiger partial charge is 0.183 e. The van der Waals surface area contributed by atoms with E-state index in [9.17, 15) is 0 Å². The molecule has 0 radical (unpaired) electrons. The molecule has 3 rings (SSSR count). The van der Waals surface area contributed by atoms with Crippen LogP contribution in [-0.2, 0) is 6.54 Å². The van der Waals surface area contributed by atoms with E-state index in [4.69, 9.17) is 0 Å². The van der Waals surface area contributed by atoms with Crippen molar-refractivity contribution in [3.05, 3.63) is 17.8 Å². The van der Waals surface area contributed by atoms with Gasteiger partial charge in [-0.2, -0.15) is 5.10 Å². The highest BCUT2D eigenvalue weighted by Crippen LogP contribution is 2.29. The Labute approximate surface area is 98.3 Å². The minimum Gasteiger partial charge on any atom is -0.359 e. The summed E-state index contributed by atoms with van der Waals surface area (Å²) in [4.78, 5) is 4.56. The molecule has 1 fully saturated rings. The third kappa shape index (κ3) is 1.95. The second-order valence-corrected chi connectivity index (χ2v) is 4.90. The van der Waals surface area contributed by atoms with Crippen LogP contribution < -0.4 is 5.32 Å². The fraction of sp³-hybridized carbons (Fsp3) is 0.455. The van der Waals surface area contributed by atoms with Crippen molar-refractivity contribution in [2.75, 3.05) is 5.32 Å². The predicted octanol–water partition coefficient (Wildman–Crippen LogP) is 2.60. The van der Waals surface area contributed by atoms with Gasteiger partial charge in [0.2, 0.25) is 0 Å². The number of aromatic nitrogens is 3. The lowest BCUT2D eigenvalue weighted by Crippen LogP contribution is -1.99. The molecule has 0 amide bonds. The molecule has 0 unspecified atom stereocenters. The molecule has 16 heavy (non-hydrogen) atoms. The fourth-order valence-corrected chi connectivity index (χ4v) is 2.34. The van der Waals surface area contributed by atoms with Gasteiger partial charge in [-0.15, -0.1) is 11.3 Å². The third-order valence-electron chi connectivity index (χ3n) is 2.66. The molecule has 1 aliphatic carbocycles. The SMILES string of the molecule is CCn1cc(-c2csc(NC3CC3)n2)cn1. The monoisotopic (exact) mass is 234 g/mol. The molecular formula is C11H14N4S. The highest BCUT2D eigenvalue weighted by atomic mass is 32.1. The number of anilines is 1. The van der Waals surface area contributed by atoms with Crippen LogP contribution >= 0.6 is 11.3 Å². The molecule has 1 saturated carbocycles. The molecule has 1 N–H and O–H groups in total. The van der Waals surface area contributed by atoms with Gasteiger partial charge in [0.15, 0.2) is 5.13 Å². The van der Waals surface area contributed by atoms with Gasteiger partial charge < -0.3 is 5.32 Å². The maximum absolute atomic E-state index is 4.56. The molecule has 2 heterocycles. The summed E-state index contributed by atoms with van der Waals surface area (Å²) < 4.78 is 1.92. The topological polar surface area (TPSA) is 42.7 Å². The first-order valence-electron chi connectivity index (χ1n) is 5.60. The Balaban J connectivity index is 1.79. The number of hydrogen-bond acceptors (Lipinski definition) is 4. The lowest BCUT2D eigenvalue weighted by Gasteiger charge is -1.96. The molecule has 84 valence electrons. The number of aryl methyl sites for hydroxylation is 1. The second kappa shape index (κ2) is 3.90. The van der Waals surface area contributed by atoms with Crippen molar-refractivity contribution in [3.63, 3.8) is 0 Å². The maximum atomic E-state index is 4.56. The van der Waals surface area contributed by atoms with E-state index in [0.29, 0.717) is 6.04 Å². The van der Waals surface area contributed by atoms with E-state index in [0.717, 1.165) is 22.9 Å². The van der Waals surface area contributed by atoms with Gasteiger partial charge in [0, 0.05) is 29.7 Å². The molecule has 4 nitrogen and oxygen atoms in total. The summed E-state index contributed by atoms with van der Waals surface area (Å²) in [6.45, 7) is 2.98. The Bertz CT molecular complexity index is 484. The third-order valence-corrected chi connectivity index (χ3v) is 3.44. The van der Waals surface area contributed by atoms with Crippen LogP contribution in [0.5, 0.6) is 0 Å². The molecule has 0 spiro atoms. The first-order valence-corrected chi connectivity index (χ1v) is 6.48. The van der Waals surface area contributed by atoms with E-state index >= 15 is 0 Å². The quantitative estimate of drug-likeness (QED) is 0.884. The van der Waals surface area contributed by atoms with Gasteiger partial charge in [-0.1, -0.05) is 0 Å². The van der Waals surface area contributed by atoms with Crippen LogP contribution in [0.2, 0.25) is 0 Å². The molecular weight excluding hydrogens is 220 g/mol.